The van der Waals surface area contributed by atoms with Crippen LogP contribution in [0.15, 0.2) is 60.0 Å². The zero-order chi connectivity index (χ0) is 20.1. The number of ether oxygens (including phenoxy) is 2. The molecule has 0 bridgehead atoms. The summed E-state index contributed by atoms with van der Waals surface area (Å²) in [4.78, 5) is 13.2. The van der Waals surface area contributed by atoms with Crippen molar-refractivity contribution in [2.24, 2.45) is 0 Å². The molecule has 0 radical (unpaired) electrons. The topological polar surface area (TPSA) is 47.6 Å². The standard InChI is InChI=1S/C24H21NO3S/c1-27-14-18-13-17(16-29-18)7-6-12-25-24(26)28-15-23-21-10-4-2-8-19(21)20-9-3-5-11-22(20)23/h2-5,8-11,13,16,23H,12,14-15H2,1H3,(H,25,26). The van der Waals surface area contributed by atoms with Gasteiger partial charge in [-0.1, -0.05) is 60.4 Å². The van der Waals surface area contributed by atoms with Gasteiger partial charge in [0.05, 0.1) is 13.2 Å². The van der Waals surface area contributed by atoms with Gasteiger partial charge in [-0.2, -0.15) is 0 Å². The smallest absolute Gasteiger partial charge is 0.407 e. The molecule has 3 aromatic rings. The number of rotatable bonds is 5. The summed E-state index contributed by atoms with van der Waals surface area (Å²) in [6.45, 7) is 1.13. The number of hydrogen-bond donors (Lipinski definition) is 1. The molecule has 0 saturated heterocycles. The summed E-state index contributed by atoms with van der Waals surface area (Å²) in [7, 11) is 1.67. The molecular formula is C24H21NO3S. The zero-order valence-electron chi connectivity index (χ0n) is 16.1. The number of carbonyl (C=O) groups is 1. The van der Waals surface area contributed by atoms with Crippen molar-refractivity contribution in [1.82, 2.24) is 5.32 Å². The van der Waals surface area contributed by atoms with Gasteiger partial charge in [-0.25, -0.2) is 4.79 Å². The number of thiophene rings is 1. The van der Waals surface area contributed by atoms with Gasteiger partial charge in [0, 0.05) is 28.8 Å². The summed E-state index contributed by atoms with van der Waals surface area (Å²) >= 11 is 1.61. The van der Waals surface area contributed by atoms with Crippen molar-refractivity contribution in [3.05, 3.63) is 81.5 Å². The van der Waals surface area contributed by atoms with Crippen LogP contribution in [0.4, 0.5) is 4.79 Å². The van der Waals surface area contributed by atoms with Crippen molar-refractivity contribution < 1.29 is 14.3 Å². The molecule has 5 heteroatoms. The summed E-state index contributed by atoms with van der Waals surface area (Å²) in [5, 5.41) is 4.68. The van der Waals surface area contributed by atoms with E-state index in [1.165, 1.54) is 22.3 Å². The van der Waals surface area contributed by atoms with Crippen molar-refractivity contribution in [2.75, 3.05) is 20.3 Å². The maximum Gasteiger partial charge on any atom is 0.407 e. The van der Waals surface area contributed by atoms with Crippen LogP contribution in [0.25, 0.3) is 11.1 Å². The van der Waals surface area contributed by atoms with E-state index < -0.39 is 6.09 Å². The van der Waals surface area contributed by atoms with Crippen LogP contribution >= 0.6 is 11.3 Å². The van der Waals surface area contributed by atoms with Gasteiger partial charge in [0.25, 0.3) is 0 Å². The Balaban J connectivity index is 1.32. The van der Waals surface area contributed by atoms with Gasteiger partial charge in [-0.05, 0) is 28.3 Å². The molecular weight excluding hydrogens is 382 g/mol. The summed E-state index contributed by atoms with van der Waals surface area (Å²) in [6, 6.07) is 18.6. The van der Waals surface area contributed by atoms with E-state index in [1.54, 1.807) is 18.4 Å². The number of alkyl carbamates (subject to hydrolysis) is 1. The normalized spacial score (nSPS) is 11.9. The Morgan fingerprint density at radius 3 is 2.48 bits per heavy atom. The summed E-state index contributed by atoms with van der Waals surface area (Å²) in [6.07, 6.45) is -0.452. The molecule has 1 aliphatic carbocycles. The number of benzene rings is 2. The molecule has 0 spiro atoms. The Kier molecular flexibility index (Phi) is 5.95. The Labute approximate surface area is 174 Å². The van der Waals surface area contributed by atoms with E-state index >= 15 is 0 Å². The lowest BCUT2D eigenvalue weighted by Crippen LogP contribution is -2.26. The lowest BCUT2D eigenvalue weighted by molar-refractivity contribution is 0.144. The van der Waals surface area contributed by atoms with Gasteiger partial charge in [0.1, 0.15) is 6.61 Å². The second-order valence-electron chi connectivity index (χ2n) is 6.72. The first kappa shape index (κ1) is 19.3. The van der Waals surface area contributed by atoms with Crippen LogP contribution in [0.2, 0.25) is 0 Å². The number of hydrogen-bond acceptors (Lipinski definition) is 4. The van der Waals surface area contributed by atoms with Crippen molar-refractivity contribution in [3.63, 3.8) is 0 Å². The fraction of sp³-hybridized carbons (Fsp3) is 0.208. The molecule has 1 aromatic heterocycles. The van der Waals surface area contributed by atoms with Crippen LogP contribution in [0.1, 0.15) is 27.5 Å². The Morgan fingerprint density at radius 2 is 1.79 bits per heavy atom. The van der Waals surface area contributed by atoms with Crippen LogP contribution in [0.3, 0.4) is 0 Å². The second kappa shape index (κ2) is 8.95. The number of nitrogens with one attached hydrogen (secondary N) is 1. The molecule has 1 heterocycles. The van der Waals surface area contributed by atoms with Gasteiger partial charge < -0.3 is 14.8 Å². The van der Waals surface area contributed by atoms with Gasteiger partial charge in [0.15, 0.2) is 0 Å². The van der Waals surface area contributed by atoms with Crippen LogP contribution in [-0.4, -0.2) is 26.4 Å². The Morgan fingerprint density at radius 1 is 1.10 bits per heavy atom. The lowest BCUT2D eigenvalue weighted by Gasteiger charge is -2.14. The minimum Gasteiger partial charge on any atom is -0.449 e. The van der Waals surface area contributed by atoms with E-state index in [9.17, 15) is 4.79 Å². The van der Waals surface area contributed by atoms with E-state index in [0.717, 1.165) is 10.4 Å². The van der Waals surface area contributed by atoms with Gasteiger partial charge in [-0.15, -0.1) is 11.3 Å². The third kappa shape index (κ3) is 4.34. The molecule has 29 heavy (non-hydrogen) atoms. The van der Waals surface area contributed by atoms with Gasteiger partial charge >= 0.3 is 6.09 Å². The number of methoxy groups -OCH3 is 1. The van der Waals surface area contributed by atoms with E-state index in [-0.39, 0.29) is 12.5 Å². The highest BCUT2D eigenvalue weighted by molar-refractivity contribution is 7.10. The average Bonchev–Trinajstić information content (AvgIpc) is 3.32. The van der Waals surface area contributed by atoms with Gasteiger partial charge in [-0.3, -0.25) is 0 Å². The number of amides is 1. The molecule has 1 N–H and O–H groups in total. The first-order chi connectivity index (χ1) is 14.3. The third-order valence-corrected chi connectivity index (χ3v) is 5.75. The maximum absolute atomic E-state index is 12.1. The van der Waals surface area contributed by atoms with E-state index in [4.69, 9.17) is 9.47 Å². The molecule has 0 fully saturated rings. The summed E-state index contributed by atoms with van der Waals surface area (Å²) in [5.41, 5.74) is 5.76. The fourth-order valence-electron chi connectivity index (χ4n) is 3.58. The van der Waals surface area contributed by atoms with Gasteiger partial charge in [0.2, 0.25) is 0 Å². The first-order valence-electron chi connectivity index (χ1n) is 9.40. The molecule has 0 unspecified atom stereocenters. The Bertz CT molecular complexity index is 1030. The minimum absolute atomic E-state index is 0.0595. The molecule has 4 nitrogen and oxygen atoms in total. The highest BCUT2D eigenvalue weighted by atomic mass is 32.1. The summed E-state index contributed by atoms with van der Waals surface area (Å²) in [5.74, 6) is 6.05. The minimum atomic E-state index is -0.452. The zero-order valence-corrected chi connectivity index (χ0v) is 16.9. The lowest BCUT2D eigenvalue weighted by atomic mass is 9.98. The predicted molar refractivity (Wildman–Crippen MR) is 115 cm³/mol. The molecule has 1 amide bonds. The van der Waals surface area contributed by atoms with Crippen LogP contribution in [0.5, 0.6) is 0 Å². The molecule has 146 valence electrons. The largest absolute Gasteiger partial charge is 0.449 e. The molecule has 0 aliphatic heterocycles. The van der Waals surface area contributed by atoms with Crippen LogP contribution in [-0.2, 0) is 16.1 Å². The molecule has 0 atom stereocenters. The maximum atomic E-state index is 12.1. The van der Waals surface area contributed by atoms with Crippen molar-refractivity contribution >= 4 is 17.4 Å². The van der Waals surface area contributed by atoms with E-state index in [1.807, 2.05) is 35.7 Å². The number of carbonyl (C=O) groups excluding carboxylic acids is 1. The highest BCUT2D eigenvalue weighted by Gasteiger charge is 2.28. The van der Waals surface area contributed by atoms with Crippen molar-refractivity contribution in [2.45, 2.75) is 12.5 Å². The fourth-order valence-corrected chi connectivity index (χ4v) is 4.36. The molecule has 2 aromatic carbocycles. The predicted octanol–water partition coefficient (Wildman–Crippen LogP) is 4.78. The second-order valence-corrected chi connectivity index (χ2v) is 7.71. The van der Waals surface area contributed by atoms with Crippen LogP contribution in [0, 0.1) is 11.8 Å². The average molecular weight is 404 g/mol. The molecule has 4 rings (SSSR count). The monoisotopic (exact) mass is 403 g/mol. The third-order valence-electron chi connectivity index (χ3n) is 4.84. The van der Waals surface area contributed by atoms with E-state index in [0.29, 0.717) is 13.2 Å². The van der Waals surface area contributed by atoms with Crippen molar-refractivity contribution in [1.29, 1.82) is 0 Å². The Hall–Kier alpha value is -3.07. The highest BCUT2D eigenvalue weighted by Crippen LogP contribution is 2.44. The molecule has 0 saturated carbocycles. The van der Waals surface area contributed by atoms with Crippen molar-refractivity contribution in [3.8, 4) is 23.0 Å². The van der Waals surface area contributed by atoms with E-state index in [2.05, 4.69) is 41.4 Å². The SMILES string of the molecule is COCc1cc(C#CCNC(=O)OCC2c3ccccc3-c3ccccc32)cs1. The number of fused-ring (bicyclic) bond motifs is 3. The quantitative estimate of drug-likeness (QED) is 0.624. The molecule has 1 aliphatic rings. The first-order valence-corrected chi connectivity index (χ1v) is 10.3. The summed E-state index contributed by atoms with van der Waals surface area (Å²) < 4.78 is 10.6. The van der Waals surface area contributed by atoms with Crippen LogP contribution < -0.4 is 5.32 Å².